The third-order valence-corrected chi connectivity index (χ3v) is 1.72. The molecule has 9 heavy (non-hydrogen) atoms. The summed E-state index contributed by atoms with van der Waals surface area (Å²) < 4.78 is 0. The molecule has 0 aliphatic heterocycles. The number of carbonyl (C=O) groups excluding carboxylic acids is 1. The van der Waals surface area contributed by atoms with Gasteiger partial charge in [-0.3, -0.25) is 0 Å². The zero-order valence-corrected chi connectivity index (χ0v) is 6.10. The van der Waals surface area contributed by atoms with E-state index in [2.05, 4.69) is 4.99 Å². The Morgan fingerprint density at radius 1 is 1.56 bits per heavy atom. The van der Waals surface area contributed by atoms with E-state index in [1.807, 2.05) is 0 Å². The summed E-state index contributed by atoms with van der Waals surface area (Å²) >= 11 is 0. The van der Waals surface area contributed by atoms with E-state index < -0.39 is 9.28 Å². The molecule has 0 aliphatic carbocycles. The molecule has 0 aromatic carbocycles. The van der Waals surface area contributed by atoms with Crippen LogP contribution in [0.25, 0.3) is 0 Å². The maximum Gasteiger partial charge on any atom is 0.316 e. The van der Waals surface area contributed by atoms with Gasteiger partial charge in [-0.05, 0) is 12.5 Å². The number of rotatable bonds is 4. The average Bonchev–Trinajstić information content (AvgIpc) is 1.80. The zero-order chi connectivity index (χ0) is 7.11. The maximum absolute atomic E-state index is 9.44. The second-order valence-corrected chi connectivity index (χ2v) is 3.13. The average molecular weight is 147 g/mol. The smallest absolute Gasteiger partial charge is 0.316 e. The molecule has 0 heterocycles. The van der Waals surface area contributed by atoms with Gasteiger partial charge in [0.2, 0.25) is 6.08 Å². The van der Waals surface area contributed by atoms with Crippen molar-refractivity contribution in [1.82, 2.24) is 0 Å². The fourth-order valence-electron chi connectivity index (χ4n) is 0.399. The maximum atomic E-state index is 9.44. The molecule has 0 saturated carbocycles. The van der Waals surface area contributed by atoms with Crippen molar-refractivity contribution in [2.24, 2.45) is 4.99 Å². The van der Waals surface area contributed by atoms with Crippen LogP contribution in [-0.4, -0.2) is 31.5 Å². The quantitative estimate of drug-likeness (QED) is 0.230. The van der Waals surface area contributed by atoms with Crippen molar-refractivity contribution in [2.45, 2.75) is 12.5 Å². The highest BCUT2D eigenvalue weighted by Crippen LogP contribution is 1.90. The standard InChI is InChI=1S/C4H9NO3Si/c6-4-5-2-1-3-9(7)8/h7-9H,1-3H2. The summed E-state index contributed by atoms with van der Waals surface area (Å²) in [6.07, 6.45) is 1.94. The van der Waals surface area contributed by atoms with Gasteiger partial charge in [0.1, 0.15) is 0 Å². The molecule has 0 amide bonds. The fourth-order valence-corrected chi connectivity index (χ4v) is 0.946. The molecule has 0 bridgehead atoms. The van der Waals surface area contributed by atoms with Crippen LogP contribution in [0.2, 0.25) is 6.04 Å². The van der Waals surface area contributed by atoms with E-state index in [9.17, 15) is 4.79 Å². The van der Waals surface area contributed by atoms with Gasteiger partial charge in [-0.25, -0.2) is 9.79 Å². The summed E-state index contributed by atoms with van der Waals surface area (Å²) in [5.74, 6) is 0. The lowest BCUT2D eigenvalue weighted by molar-refractivity contribution is 0.403. The van der Waals surface area contributed by atoms with Crippen molar-refractivity contribution in [1.29, 1.82) is 0 Å². The molecule has 0 radical (unpaired) electrons. The Balaban J connectivity index is 3.00. The number of hydrogen-bond acceptors (Lipinski definition) is 4. The molecule has 0 fully saturated rings. The largest absolute Gasteiger partial charge is 0.413 e. The van der Waals surface area contributed by atoms with Crippen LogP contribution in [0.4, 0.5) is 0 Å². The lowest BCUT2D eigenvalue weighted by atomic mass is 10.5. The van der Waals surface area contributed by atoms with E-state index in [0.29, 0.717) is 19.0 Å². The van der Waals surface area contributed by atoms with Crippen LogP contribution in [0.5, 0.6) is 0 Å². The Morgan fingerprint density at radius 2 is 2.22 bits per heavy atom. The predicted octanol–water partition coefficient (Wildman–Crippen LogP) is -1.08. The molecule has 0 saturated heterocycles. The van der Waals surface area contributed by atoms with Crippen molar-refractivity contribution < 1.29 is 14.4 Å². The van der Waals surface area contributed by atoms with Crippen LogP contribution in [0.15, 0.2) is 4.99 Å². The second-order valence-electron chi connectivity index (χ2n) is 1.60. The second kappa shape index (κ2) is 5.65. The Morgan fingerprint density at radius 3 is 2.67 bits per heavy atom. The van der Waals surface area contributed by atoms with Gasteiger partial charge < -0.3 is 9.59 Å². The molecular formula is C4H9NO3Si. The topological polar surface area (TPSA) is 69.9 Å². The summed E-state index contributed by atoms with van der Waals surface area (Å²) in [7, 11) is -2.40. The molecule has 0 atom stereocenters. The monoisotopic (exact) mass is 147 g/mol. The predicted molar refractivity (Wildman–Crippen MR) is 34.0 cm³/mol. The van der Waals surface area contributed by atoms with Gasteiger partial charge in [0.15, 0.2) is 0 Å². The number of nitrogens with zero attached hydrogens (tertiary/aromatic N) is 1. The molecule has 0 spiro atoms. The van der Waals surface area contributed by atoms with Gasteiger partial charge >= 0.3 is 9.28 Å². The molecule has 0 rings (SSSR count). The van der Waals surface area contributed by atoms with E-state index in [1.54, 1.807) is 0 Å². The molecular weight excluding hydrogens is 138 g/mol. The highest BCUT2D eigenvalue weighted by Gasteiger charge is 1.98. The molecule has 5 heteroatoms. The van der Waals surface area contributed by atoms with E-state index in [0.717, 1.165) is 0 Å². The van der Waals surface area contributed by atoms with Gasteiger partial charge in [-0.2, -0.15) is 0 Å². The van der Waals surface area contributed by atoms with Crippen molar-refractivity contribution in [3.63, 3.8) is 0 Å². The third-order valence-electron chi connectivity index (χ3n) is 0.797. The van der Waals surface area contributed by atoms with Crippen molar-refractivity contribution in [3.8, 4) is 0 Å². The summed E-state index contributed by atoms with van der Waals surface area (Å²) in [6.45, 7) is 0.355. The molecule has 0 aromatic rings. The first-order valence-electron chi connectivity index (χ1n) is 2.67. The zero-order valence-electron chi connectivity index (χ0n) is 4.95. The first-order chi connectivity index (χ1) is 4.27. The van der Waals surface area contributed by atoms with Crippen LogP contribution in [-0.2, 0) is 4.79 Å². The van der Waals surface area contributed by atoms with Gasteiger partial charge in [0.05, 0.1) is 6.54 Å². The Kier molecular flexibility index (Phi) is 5.35. The van der Waals surface area contributed by atoms with E-state index in [-0.39, 0.29) is 0 Å². The Hall–Kier alpha value is -0.483. The van der Waals surface area contributed by atoms with Crippen molar-refractivity contribution in [3.05, 3.63) is 0 Å². The van der Waals surface area contributed by atoms with Crippen LogP contribution >= 0.6 is 0 Å². The van der Waals surface area contributed by atoms with Crippen LogP contribution in [0.1, 0.15) is 6.42 Å². The SMILES string of the molecule is O=C=NCCC[SiH](O)O. The molecule has 4 nitrogen and oxygen atoms in total. The van der Waals surface area contributed by atoms with Crippen LogP contribution < -0.4 is 0 Å². The Bertz CT molecular complexity index is 110. The van der Waals surface area contributed by atoms with Gasteiger partial charge in [0.25, 0.3) is 0 Å². The molecule has 2 N–H and O–H groups in total. The summed E-state index contributed by atoms with van der Waals surface area (Å²) in [5, 5.41) is 0. The summed E-state index contributed by atoms with van der Waals surface area (Å²) in [4.78, 5) is 29.5. The normalized spacial score (nSPS) is 9.22. The van der Waals surface area contributed by atoms with Crippen LogP contribution in [0, 0.1) is 0 Å². The summed E-state index contributed by atoms with van der Waals surface area (Å²) in [5.41, 5.74) is 0. The molecule has 0 aliphatic rings. The molecule has 52 valence electrons. The lowest BCUT2D eigenvalue weighted by Gasteiger charge is -1.94. The number of isocyanates is 1. The van der Waals surface area contributed by atoms with Gasteiger partial charge in [0, 0.05) is 0 Å². The minimum absolute atomic E-state index is 0.355. The minimum atomic E-state index is -2.40. The van der Waals surface area contributed by atoms with Crippen molar-refractivity contribution >= 4 is 15.4 Å². The fraction of sp³-hybridized carbons (Fsp3) is 0.750. The minimum Gasteiger partial charge on any atom is -0.413 e. The summed E-state index contributed by atoms with van der Waals surface area (Å²) in [6, 6.07) is 0.394. The molecule has 0 unspecified atom stereocenters. The number of aliphatic imine (C=N–C) groups is 1. The lowest BCUT2D eigenvalue weighted by Crippen LogP contribution is -2.09. The van der Waals surface area contributed by atoms with E-state index in [4.69, 9.17) is 9.59 Å². The van der Waals surface area contributed by atoms with Gasteiger partial charge in [-0.1, -0.05) is 0 Å². The van der Waals surface area contributed by atoms with E-state index in [1.165, 1.54) is 6.08 Å². The first-order valence-corrected chi connectivity index (χ1v) is 4.52. The first kappa shape index (κ1) is 8.52. The highest BCUT2D eigenvalue weighted by molar-refractivity contribution is 6.40. The highest BCUT2D eigenvalue weighted by atomic mass is 28.3. The van der Waals surface area contributed by atoms with Crippen LogP contribution in [0.3, 0.4) is 0 Å². The Labute approximate surface area is 54.7 Å². The third kappa shape index (κ3) is 7.52. The number of hydrogen-bond donors (Lipinski definition) is 2. The van der Waals surface area contributed by atoms with Crippen molar-refractivity contribution in [2.75, 3.05) is 6.54 Å². The van der Waals surface area contributed by atoms with Gasteiger partial charge in [-0.15, -0.1) is 0 Å². The van der Waals surface area contributed by atoms with E-state index >= 15 is 0 Å². The molecule has 0 aromatic heterocycles.